The van der Waals surface area contributed by atoms with E-state index < -0.39 is 0 Å². The molecular weight excluding hydrogens is 359 g/mol. The van der Waals surface area contributed by atoms with Crippen molar-refractivity contribution in [3.05, 3.63) is 59.9 Å². The zero-order valence-corrected chi connectivity index (χ0v) is 16.8. The van der Waals surface area contributed by atoms with Gasteiger partial charge in [0.05, 0.1) is 0 Å². The summed E-state index contributed by atoms with van der Waals surface area (Å²) in [6, 6.07) is 15.2. The van der Waals surface area contributed by atoms with Gasteiger partial charge in [-0.2, -0.15) is 0 Å². The van der Waals surface area contributed by atoms with Crippen LogP contribution in [0.15, 0.2) is 53.7 Å². The van der Waals surface area contributed by atoms with E-state index in [0.717, 1.165) is 41.7 Å². The third-order valence-corrected chi connectivity index (χ3v) is 5.58. The lowest BCUT2D eigenvalue weighted by atomic mass is 10.2. The average molecular weight is 385 g/mol. The van der Waals surface area contributed by atoms with Crippen LogP contribution in [0.25, 0.3) is 11.4 Å². The van der Waals surface area contributed by atoms with Crippen molar-refractivity contribution in [1.82, 2.24) is 14.8 Å². The van der Waals surface area contributed by atoms with E-state index in [4.69, 9.17) is 0 Å². The molecule has 0 saturated carbocycles. The smallest absolute Gasteiger partial charge is 0.191 e. The second kappa shape index (κ2) is 9.04. The Kier molecular flexibility index (Phi) is 6.50. The Morgan fingerprint density at radius 3 is 2.37 bits per heavy atom. The van der Waals surface area contributed by atoms with Crippen molar-refractivity contribution in [2.75, 3.05) is 18.0 Å². The van der Waals surface area contributed by atoms with E-state index in [1.54, 1.807) is 23.9 Å². The normalized spacial score (nSPS) is 11.0. The summed E-state index contributed by atoms with van der Waals surface area (Å²) in [6.45, 7) is 9.17. The minimum Gasteiger partial charge on any atom is -0.372 e. The van der Waals surface area contributed by atoms with Crippen LogP contribution in [0.3, 0.4) is 0 Å². The Morgan fingerprint density at radius 1 is 1.00 bits per heavy atom. The Labute approximate surface area is 164 Å². The van der Waals surface area contributed by atoms with Crippen LogP contribution in [-0.2, 0) is 12.3 Å². The summed E-state index contributed by atoms with van der Waals surface area (Å²) in [4.78, 5) is 2.31. The molecule has 27 heavy (non-hydrogen) atoms. The van der Waals surface area contributed by atoms with Gasteiger partial charge in [0.25, 0.3) is 0 Å². The molecule has 2 aromatic carbocycles. The Bertz CT molecular complexity index is 872. The highest BCUT2D eigenvalue weighted by atomic mass is 32.2. The fourth-order valence-corrected chi connectivity index (χ4v) is 4.02. The van der Waals surface area contributed by atoms with Crippen LogP contribution >= 0.6 is 11.8 Å². The summed E-state index contributed by atoms with van der Waals surface area (Å²) in [7, 11) is 0. The van der Waals surface area contributed by atoms with Crippen molar-refractivity contribution in [2.45, 2.75) is 38.2 Å². The third kappa shape index (κ3) is 4.50. The number of halogens is 1. The highest BCUT2D eigenvalue weighted by molar-refractivity contribution is 7.98. The largest absolute Gasteiger partial charge is 0.372 e. The molecule has 0 atom stereocenters. The fraction of sp³-hybridized carbons (Fsp3) is 0.333. The maximum absolute atomic E-state index is 13.4. The number of benzene rings is 2. The first-order valence-electron chi connectivity index (χ1n) is 9.32. The molecule has 0 amide bonds. The van der Waals surface area contributed by atoms with Gasteiger partial charge in [-0.15, -0.1) is 10.2 Å². The van der Waals surface area contributed by atoms with E-state index in [2.05, 4.69) is 64.7 Å². The molecule has 4 nitrogen and oxygen atoms in total. The van der Waals surface area contributed by atoms with Gasteiger partial charge in [-0.3, -0.25) is 0 Å². The first kappa shape index (κ1) is 19.4. The van der Waals surface area contributed by atoms with Crippen molar-refractivity contribution in [3.63, 3.8) is 0 Å². The molecule has 0 spiro atoms. The zero-order valence-electron chi connectivity index (χ0n) is 16.0. The molecule has 0 saturated heterocycles. The van der Waals surface area contributed by atoms with Gasteiger partial charge in [-0.05, 0) is 62.7 Å². The molecule has 0 N–H and O–H groups in total. The summed E-state index contributed by atoms with van der Waals surface area (Å²) in [5.41, 5.74) is 3.21. The van der Waals surface area contributed by atoms with Gasteiger partial charge in [0.1, 0.15) is 5.82 Å². The van der Waals surface area contributed by atoms with Crippen molar-refractivity contribution in [3.8, 4) is 11.4 Å². The van der Waals surface area contributed by atoms with E-state index >= 15 is 0 Å². The van der Waals surface area contributed by atoms with E-state index in [0.29, 0.717) is 5.75 Å². The van der Waals surface area contributed by atoms with Crippen molar-refractivity contribution in [2.24, 2.45) is 0 Å². The molecule has 3 rings (SSSR count). The third-order valence-electron chi connectivity index (χ3n) is 4.54. The molecule has 1 heterocycles. The van der Waals surface area contributed by atoms with Crippen molar-refractivity contribution in [1.29, 1.82) is 0 Å². The van der Waals surface area contributed by atoms with Crippen LogP contribution < -0.4 is 4.90 Å². The van der Waals surface area contributed by atoms with Gasteiger partial charge in [0, 0.05) is 36.6 Å². The summed E-state index contributed by atoms with van der Waals surface area (Å²) < 4.78 is 15.5. The predicted octanol–water partition coefficient (Wildman–Crippen LogP) is 5.24. The highest BCUT2D eigenvalue weighted by Crippen LogP contribution is 2.27. The number of aromatic nitrogens is 3. The minimum atomic E-state index is -0.209. The monoisotopic (exact) mass is 384 g/mol. The number of rotatable bonds is 8. The number of hydrogen-bond acceptors (Lipinski definition) is 4. The molecule has 0 bridgehead atoms. The quantitative estimate of drug-likeness (QED) is 0.497. The van der Waals surface area contributed by atoms with E-state index in [1.807, 2.05) is 6.07 Å². The molecule has 0 aliphatic rings. The minimum absolute atomic E-state index is 0.209. The fourth-order valence-electron chi connectivity index (χ4n) is 3.08. The Hall–Kier alpha value is -2.34. The molecule has 0 radical (unpaired) electrons. The topological polar surface area (TPSA) is 34.0 Å². The van der Waals surface area contributed by atoms with Gasteiger partial charge >= 0.3 is 0 Å². The highest BCUT2D eigenvalue weighted by Gasteiger charge is 2.14. The molecule has 3 aromatic rings. The lowest BCUT2D eigenvalue weighted by Gasteiger charge is -2.21. The molecule has 1 aromatic heterocycles. The zero-order chi connectivity index (χ0) is 19.2. The molecule has 0 aliphatic heterocycles. The lowest BCUT2D eigenvalue weighted by molar-refractivity contribution is 0.626. The molecule has 142 valence electrons. The number of anilines is 1. The van der Waals surface area contributed by atoms with Gasteiger partial charge in [0.15, 0.2) is 11.0 Å². The molecule has 0 fully saturated rings. The number of nitrogens with zero attached hydrogens (tertiary/aromatic N) is 4. The first-order valence-corrected chi connectivity index (χ1v) is 10.3. The van der Waals surface area contributed by atoms with Crippen molar-refractivity contribution < 1.29 is 4.39 Å². The maximum Gasteiger partial charge on any atom is 0.191 e. The average Bonchev–Trinajstić information content (AvgIpc) is 3.11. The maximum atomic E-state index is 13.4. The van der Waals surface area contributed by atoms with Gasteiger partial charge in [0.2, 0.25) is 0 Å². The summed E-state index contributed by atoms with van der Waals surface area (Å²) >= 11 is 1.58. The Balaban J connectivity index is 1.79. The van der Waals surface area contributed by atoms with Crippen LogP contribution in [0.5, 0.6) is 0 Å². The molecular formula is C21H25FN4S. The van der Waals surface area contributed by atoms with Crippen LogP contribution in [0, 0.1) is 5.82 Å². The molecule has 0 unspecified atom stereocenters. The van der Waals surface area contributed by atoms with Gasteiger partial charge in [-0.25, -0.2) is 4.39 Å². The van der Waals surface area contributed by atoms with Crippen LogP contribution in [-0.4, -0.2) is 27.9 Å². The van der Waals surface area contributed by atoms with Crippen molar-refractivity contribution >= 4 is 17.4 Å². The number of thioether (sulfide) groups is 1. The SMILES string of the molecule is CCN(CC)c1ccc(-c2nnc(SCc3cccc(F)c3)n2CC)cc1. The summed E-state index contributed by atoms with van der Waals surface area (Å²) in [5.74, 6) is 1.32. The number of hydrogen-bond donors (Lipinski definition) is 0. The van der Waals surface area contributed by atoms with Crippen LogP contribution in [0.2, 0.25) is 0 Å². The van der Waals surface area contributed by atoms with E-state index in [9.17, 15) is 4.39 Å². The predicted molar refractivity (Wildman–Crippen MR) is 111 cm³/mol. The standard InChI is InChI=1S/C21H25FN4S/c1-4-25(5-2)19-12-10-17(11-13-19)20-23-24-21(26(20)6-3)27-15-16-8-7-9-18(22)14-16/h7-14H,4-6,15H2,1-3H3. The Morgan fingerprint density at radius 2 is 1.74 bits per heavy atom. The van der Waals surface area contributed by atoms with Crippen LogP contribution in [0.4, 0.5) is 10.1 Å². The van der Waals surface area contributed by atoms with Crippen LogP contribution in [0.1, 0.15) is 26.3 Å². The van der Waals surface area contributed by atoms with Gasteiger partial charge < -0.3 is 9.47 Å². The summed E-state index contributed by atoms with van der Waals surface area (Å²) in [5, 5.41) is 9.62. The molecule has 0 aliphatic carbocycles. The first-order chi connectivity index (χ1) is 13.2. The summed E-state index contributed by atoms with van der Waals surface area (Å²) in [6.07, 6.45) is 0. The molecule has 6 heteroatoms. The van der Waals surface area contributed by atoms with E-state index in [1.165, 1.54) is 11.8 Å². The second-order valence-corrected chi connectivity index (χ2v) is 7.13. The van der Waals surface area contributed by atoms with Gasteiger partial charge in [-0.1, -0.05) is 23.9 Å². The second-order valence-electron chi connectivity index (χ2n) is 6.19. The lowest BCUT2D eigenvalue weighted by Crippen LogP contribution is -2.21. The van der Waals surface area contributed by atoms with E-state index in [-0.39, 0.29) is 5.82 Å².